The molecule has 0 fully saturated rings. The number of benzene rings is 1. The van der Waals surface area contributed by atoms with Crippen molar-refractivity contribution >= 4 is 29.0 Å². The molecule has 0 radical (unpaired) electrons. The number of rotatable bonds is 7. The largest absolute Gasteiger partial charge is 0.493 e. The summed E-state index contributed by atoms with van der Waals surface area (Å²) in [6, 6.07) is 5.63. The van der Waals surface area contributed by atoms with Crippen LogP contribution in [0.3, 0.4) is 0 Å². The number of ether oxygens (including phenoxy) is 2. The van der Waals surface area contributed by atoms with Gasteiger partial charge in [-0.2, -0.15) is 0 Å². The van der Waals surface area contributed by atoms with Crippen LogP contribution >= 0.6 is 23.1 Å². The molecule has 0 unspecified atom stereocenters. The summed E-state index contributed by atoms with van der Waals surface area (Å²) in [5.74, 6) is 1.66. The van der Waals surface area contributed by atoms with E-state index in [0.717, 1.165) is 9.90 Å². The van der Waals surface area contributed by atoms with Crippen LogP contribution in [0.1, 0.15) is 5.56 Å². The Morgan fingerprint density at radius 1 is 1.36 bits per heavy atom. The van der Waals surface area contributed by atoms with E-state index in [2.05, 4.69) is 10.2 Å². The van der Waals surface area contributed by atoms with Crippen molar-refractivity contribution in [3.63, 3.8) is 0 Å². The van der Waals surface area contributed by atoms with Crippen LogP contribution in [0.5, 0.6) is 11.5 Å². The zero-order chi connectivity index (χ0) is 15.9. The lowest BCUT2D eigenvalue weighted by Crippen LogP contribution is -2.28. The molecular weight excluding hydrogens is 322 g/mol. The highest BCUT2D eigenvalue weighted by Gasteiger charge is 2.15. The van der Waals surface area contributed by atoms with Gasteiger partial charge in [-0.05, 0) is 6.07 Å². The predicted molar refractivity (Wildman–Crippen MR) is 86.7 cm³/mol. The van der Waals surface area contributed by atoms with E-state index in [1.807, 2.05) is 18.2 Å². The van der Waals surface area contributed by atoms with E-state index in [-0.39, 0.29) is 5.91 Å². The van der Waals surface area contributed by atoms with E-state index in [9.17, 15) is 4.79 Å². The van der Waals surface area contributed by atoms with E-state index in [0.29, 0.717) is 23.8 Å². The maximum Gasteiger partial charge on any atom is 0.233 e. The Balaban J connectivity index is 1.99. The number of nitrogens with zero attached hydrogens (tertiary/aromatic N) is 3. The zero-order valence-electron chi connectivity index (χ0n) is 12.6. The molecule has 1 amide bonds. The van der Waals surface area contributed by atoms with Crippen molar-refractivity contribution in [2.24, 2.45) is 0 Å². The lowest BCUT2D eigenvalue weighted by molar-refractivity contribution is -0.127. The van der Waals surface area contributed by atoms with Gasteiger partial charge >= 0.3 is 0 Å². The van der Waals surface area contributed by atoms with Crippen LogP contribution in [0.4, 0.5) is 0 Å². The molecule has 1 aromatic carbocycles. The third-order valence-electron chi connectivity index (χ3n) is 2.98. The van der Waals surface area contributed by atoms with E-state index in [1.165, 1.54) is 23.1 Å². The van der Waals surface area contributed by atoms with E-state index in [1.54, 1.807) is 31.7 Å². The molecular formula is C14H17N3O3S2. The number of aromatic nitrogens is 2. The molecule has 0 N–H and O–H groups in total. The zero-order valence-corrected chi connectivity index (χ0v) is 14.2. The van der Waals surface area contributed by atoms with Gasteiger partial charge in [0.15, 0.2) is 15.8 Å². The molecule has 0 bridgehead atoms. The highest BCUT2D eigenvalue weighted by atomic mass is 32.2. The standard InChI is InChI=1S/C14H17N3O3S2/c1-17(12(18)8-21-14-16-15-9-22-14)7-10-5-4-6-11(19-2)13(10)20-3/h4-6,9H,7-8H2,1-3H3. The summed E-state index contributed by atoms with van der Waals surface area (Å²) in [6.07, 6.45) is 0. The normalized spacial score (nSPS) is 10.3. The van der Waals surface area contributed by atoms with Crippen LogP contribution < -0.4 is 9.47 Å². The molecule has 2 aromatic rings. The highest BCUT2D eigenvalue weighted by molar-refractivity contribution is 8.01. The molecule has 0 spiro atoms. The Hall–Kier alpha value is -1.80. The van der Waals surface area contributed by atoms with Crippen LogP contribution in [0.25, 0.3) is 0 Å². The van der Waals surface area contributed by atoms with Crippen molar-refractivity contribution in [2.75, 3.05) is 27.0 Å². The van der Waals surface area contributed by atoms with Gasteiger partial charge in [0.05, 0.1) is 20.0 Å². The van der Waals surface area contributed by atoms with Gasteiger partial charge in [0.25, 0.3) is 0 Å². The Bertz CT molecular complexity index is 620. The van der Waals surface area contributed by atoms with Crippen LogP contribution in [0.2, 0.25) is 0 Å². The van der Waals surface area contributed by atoms with Crippen LogP contribution in [0, 0.1) is 0 Å². The summed E-state index contributed by atoms with van der Waals surface area (Å²) in [6.45, 7) is 0.454. The summed E-state index contributed by atoms with van der Waals surface area (Å²) in [7, 11) is 4.95. The summed E-state index contributed by atoms with van der Waals surface area (Å²) in [5, 5.41) is 7.65. The number of hydrogen-bond donors (Lipinski definition) is 0. The second-order valence-corrected chi connectivity index (χ2v) is 6.45. The Morgan fingerprint density at radius 3 is 2.82 bits per heavy atom. The van der Waals surface area contributed by atoms with Gasteiger partial charge < -0.3 is 14.4 Å². The van der Waals surface area contributed by atoms with Crippen molar-refractivity contribution in [1.82, 2.24) is 15.1 Å². The first-order chi connectivity index (χ1) is 10.7. The summed E-state index contributed by atoms with van der Waals surface area (Å²) in [4.78, 5) is 13.8. The average Bonchev–Trinajstić information content (AvgIpc) is 3.05. The maximum absolute atomic E-state index is 12.2. The SMILES string of the molecule is COc1cccc(CN(C)C(=O)CSc2nncs2)c1OC. The van der Waals surface area contributed by atoms with Gasteiger partial charge in [-0.25, -0.2) is 0 Å². The number of hydrogen-bond acceptors (Lipinski definition) is 7. The molecule has 0 aliphatic heterocycles. The fraction of sp³-hybridized carbons (Fsp3) is 0.357. The van der Waals surface area contributed by atoms with Gasteiger partial charge in [-0.3, -0.25) is 4.79 Å². The monoisotopic (exact) mass is 339 g/mol. The lowest BCUT2D eigenvalue weighted by Gasteiger charge is -2.19. The third-order valence-corrected chi connectivity index (χ3v) is 4.82. The molecule has 1 aromatic heterocycles. The predicted octanol–water partition coefficient (Wildman–Crippen LogP) is 2.31. The second kappa shape index (κ2) is 8.00. The van der Waals surface area contributed by atoms with Gasteiger partial charge in [0, 0.05) is 19.2 Å². The average molecular weight is 339 g/mol. The fourth-order valence-electron chi connectivity index (χ4n) is 1.88. The third kappa shape index (κ3) is 4.11. The molecule has 0 saturated carbocycles. The molecule has 8 heteroatoms. The quantitative estimate of drug-likeness (QED) is 0.721. The van der Waals surface area contributed by atoms with Gasteiger partial charge in [0.2, 0.25) is 5.91 Å². The molecule has 0 aliphatic carbocycles. The van der Waals surface area contributed by atoms with Crippen molar-refractivity contribution in [1.29, 1.82) is 0 Å². The Morgan fingerprint density at radius 2 is 2.18 bits per heavy atom. The van der Waals surface area contributed by atoms with E-state index < -0.39 is 0 Å². The van der Waals surface area contributed by atoms with Crippen molar-refractivity contribution < 1.29 is 14.3 Å². The molecule has 118 valence electrons. The lowest BCUT2D eigenvalue weighted by atomic mass is 10.1. The maximum atomic E-state index is 12.2. The van der Waals surface area contributed by atoms with Crippen LogP contribution in [0.15, 0.2) is 28.0 Å². The summed E-state index contributed by atoms with van der Waals surface area (Å²) in [5.41, 5.74) is 2.55. The first kappa shape index (κ1) is 16.6. The van der Waals surface area contributed by atoms with Crippen molar-refractivity contribution in [2.45, 2.75) is 10.9 Å². The van der Waals surface area contributed by atoms with Crippen LogP contribution in [-0.4, -0.2) is 48.0 Å². The number of carbonyl (C=O) groups is 1. The smallest absolute Gasteiger partial charge is 0.233 e. The first-order valence-corrected chi connectivity index (χ1v) is 8.35. The van der Waals surface area contributed by atoms with Crippen molar-refractivity contribution in [3.05, 3.63) is 29.3 Å². The van der Waals surface area contributed by atoms with E-state index in [4.69, 9.17) is 9.47 Å². The minimum atomic E-state index is 0.0186. The van der Waals surface area contributed by atoms with Gasteiger partial charge in [0.1, 0.15) is 5.51 Å². The molecule has 1 heterocycles. The molecule has 0 saturated heterocycles. The van der Waals surface area contributed by atoms with Gasteiger partial charge in [-0.1, -0.05) is 35.2 Å². The van der Waals surface area contributed by atoms with Crippen LogP contribution in [-0.2, 0) is 11.3 Å². The van der Waals surface area contributed by atoms with E-state index >= 15 is 0 Å². The molecule has 0 atom stereocenters. The molecule has 22 heavy (non-hydrogen) atoms. The molecule has 0 aliphatic rings. The number of para-hydroxylation sites is 1. The topological polar surface area (TPSA) is 64.5 Å². The minimum Gasteiger partial charge on any atom is -0.493 e. The number of methoxy groups -OCH3 is 2. The first-order valence-electron chi connectivity index (χ1n) is 6.48. The van der Waals surface area contributed by atoms with Gasteiger partial charge in [-0.15, -0.1) is 10.2 Å². The number of carbonyl (C=O) groups excluding carboxylic acids is 1. The number of amides is 1. The fourth-order valence-corrected chi connectivity index (χ4v) is 3.31. The van der Waals surface area contributed by atoms with Crippen molar-refractivity contribution in [3.8, 4) is 11.5 Å². The number of thioether (sulfide) groups is 1. The molecule has 6 nitrogen and oxygen atoms in total. The molecule has 2 rings (SSSR count). The second-order valence-electron chi connectivity index (χ2n) is 4.40. The minimum absolute atomic E-state index is 0.0186. The Kier molecular flexibility index (Phi) is 6.02. The summed E-state index contributed by atoms with van der Waals surface area (Å²) >= 11 is 2.81. The highest BCUT2D eigenvalue weighted by Crippen LogP contribution is 2.31. The summed E-state index contributed by atoms with van der Waals surface area (Å²) < 4.78 is 11.4. The Labute approximate surface area is 137 Å².